The zero-order chi connectivity index (χ0) is 22.2. The molecule has 0 bridgehead atoms. The average molecular weight is 478 g/mol. The van der Waals surface area contributed by atoms with Crippen molar-refractivity contribution in [3.63, 3.8) is 0 Å². The summed E-state index contributed by atoms with van der Waals surface area (Å²) in [4.78, 5) is 28.1. The third-order valence-corrected chi connectivity index (χ3v) is 5.88. The molecule has 0 fully saturated rings. The van der Waals surface area contributed by atoms with Crippen molar-refractivity contribution in [3.8, 4) is 11.4 Å². The van der Waals surface area contributed by atoms with Crippen LogP contribution in [0.15, 0.2) is 47.5 Å². The molecule has 1 amide bonds. The first-order valence-electron chi connectivity index (χ1n) is 9.32. The summed E-state index contributed by atoms with van der Waals surface area (Å²) in [6.07, 6.45) is 1.81. The topological polar surface area (TPSA) is 99.0 Å². The number of thioether (sulfide) groups is 1. The standard InChI is InChI=1S/C20H20ClN5O3S2/c1-3-8-26-18(13-6-5-7-14(21)9-13)24-25-20(26)31-12-16(27)23-19-22-15(11-30-19)10-17(28)29-4-2/h3,5-7,9,11H,1,4,8,10,12H2,2H3,(H,22,23,27). The van der Waals surface area contributed by atoms with Gasteiger partial charge in [0.25, 0.3) is 0 Å². The lowest BCUT2D eigenvalue weighted by Gasteiger charge is -2.08. The van der Waals surface area contributed by atoms with Gasteiger partial charge in [0, 0.05) is 22.5 Å². The maximum Gasteiger partial charge on any atom is 0.311 e. The Morgan fingerprint density at radius 1 is 1.39 bits per heavy atom. The monoisotopic (exact) mass is 477 g/mol. The highest BCUT2D eigenvalue weighted by Crippen LogP contribution is 2.26. The molecule has 0 aliphatic heterocycles. The number of carbonyl (C=O) groups is 2. The number of allylic oxidation sites excluding steroid dienone is 1. The highest BCUT2D eigenvalue weighted by molar-refractivity contribution is 7.99. The van der Waals surface area contributed by atoms with Gasteiger partial charge >= 0.3 is 5.97 Å². The van der Waals surface area contributed by atoms with Crippen LogP contribution in [-0.2, 0) is 27.3 Å². The van der Waals surface area contributed by atoms with E-state index in [2.05, 4.69) is 27.1 Å². The van der Waals surface area contributed by atoms with Crippen molar-refractivity contribution in [2.45, 2.75) is 25.0 Å². The second kappa shape index (κ2) is 11.1. The Morgan fingerprint density at radius 2 is 2.23 bits per heavy atom. The van der Waals surface area contributed by atoms with E-state index in [-0.39, 0.29) is 24.1 Å². The van der Waals surface area contributed by atoms with Crippen LogP contribution in [0.4, 0.5) is 5.13 Å². The summed E-state index contributed by atoms with van der Waals surface area (Å²) < 4.78 is 6.77. The van der Waals surface area contributed by atoms with Crippen molar-refractivity contribution in [1.82, 2.24) is 19.7 Å². The molecule has 0 unspecified atom stereocenters. The van der Waals surface area contributed by atoms with Gasteiger partial charge in [-0.2, -0.15) is 0 Å². The molecule has 162 valence electrons. The predicted molar refractivity (Wildman–Crippen MR) is 122 cm³/mol. The van der Waals surface area contributed by atoms with Crippen molar-refractivity contribution < 1.29 is 14.3 Å². The number of esters is 1. The number of aromatic nitrogens is 4. The Bertz CT molecular complexity index is 1080. The fourth-order valence-electron chi connectivity index (χ4n) is 2.62. The van der Waals surface area contributed by atoms with Crippen molar-refractivity contribution in [2.24, 2.45) is 0 Å². The minimum Gasteiger partial charge on any atom is -0.466 e. The first-order valence-corrected chi connectivity index (χ1v) is 11.6. The second-order valence-corrected chi connectivity index (χ2v) is 8.42. The maximum atomic E-state index is 12.4. The van der Waals surface area contributed by atoms with Gasteiger partial charge in [0.05, 0.1) is 24.5 Å². The van der Waals surface area contributed by atoms with Gasteiger partial charge in [-0.25, -0.2) is 4.98 Å². The SMILES string of the molecule is C=CCn1c(SCC(=O)Nc2nc(CC(=O)OCC)cs2)nnc1-c1cccc(Cl)c1. The van der Waals surface area contributed by atoms with E-state index in [4.69, 9.17) is 16.3 Å². The zero-order valence-electron chi connectivity index (χ0n) is 16.7. The van der Waals surface area contributed by atoms with E-state index in [9.17, 15) is 9.59 Å². The number of ether oxygens (including phenoxy) is 1. The van der Waals surface area contributed by atoms with E-state index in [1.54, 1.807) is 24.4 Å². The van der Waals surface area contributed by atoms with Crippen LogP contribution < -0.4 is 5.32 Å². The van der Waals surface area contributed by atoms with Gasteiger partial charge in [-0.05, 0) is 19.1 Å². The highest BCUT2D eigenvalue weighted by Gasteiger charge is 2.16. The number of hydrogen-bond donors (Lipinski definition) is 1. The molecule has 0 atom stereocenters. The molecule has 0 spiro atoms. The summed E-state index contributed by atoms with van der Waals surface area (Å²) in [6.45, 7) is 6.34. The molecule has 31 heavy (non-hydrogen) atoms. The Balaban J connectivity index is 1.62. The molecule has 0 aliphatic carbocycles. The molecule has 2 heterocycles. The van der Waals surface area contributed by atoms with E-state index in [1.807, 2.05) is 22.8 Å². The summed E-state index contributed by atoms with van der Waals surface area (Å²) in [5, 5.41) is 14.5. The molecule has 1 aromatic carbocycles. The fraction of sp³-hybridized carbons (Fsp3) is 0.250. The Morgan fingerprint density at radius 3 is 2.97 bits per heavy atom. The summed E-state index contributed by atoms with van der Waals surface area (Å²) in [7, 11) is 0. The largest absolute Gasteiger partial charge is 0.466 e. The molecule has 1 N–H and O–H groups in total. The van der Waals surface area contributed by atoms with Crippen LogP contribution in [-0.4, -0.2) is 44.0 Å². The summed E-state index contributed by atoms with van der Waals surface area (Å²) in [5.74, 6) is 0.184. The fourth-order valence-corrected chi connectivity index (χ4v) is 4.29. The number of halogens is 1. The lowest BCUT2D eigenvalue weighted by atomic mass is 10.2. The van der Waals surface area contributed by atoms with Crippen LogP contribution in [0.1, 0.15) is 12.6 Å². The van der Waals surface area contributed by atoms with E-state index in [1.165, 1.54) is 23.1 Å². The number of benzene rings is 1. The molecular weight excluding hydrogens is 458 g/mol. The van der Waals surface area contributed by atoms with Gasteiger partial charge in [-0.15, -0.1) is 28.1 Å². The maximum absolute atomic E-state index is 12.4. The van der Waals surface area contributed by atoms with Crippen LogP contribution in [0, 0.1) is 0 Å². The lowest BCUT2D eigenvalue weighted by Crippen LogP contribution is -2.15. The smallest absolute Gasteiger partial charge is 0.311 e. The molecule has 0 radical (unpaired) electrons. The van der Waals surface area contributed by atoms with Gasteiger partial charge in [0.1, 0.15) is 0 Å². The van der Waals surface area contributed by atoms with Crippen LogP contribution in [0.25, 0.3) is 11.4 Å². The van der Waals surface area contributed by atoms with Crippen LogP contribution >= 0.6 is 34.7 Å². The van der Waals surface area contributed by atoms with Crippen LogP contribution in [0.5, 0.6) is 0 Å². The number of hydrogen-bond acceptors (Lipinski definition) is 8. The number of thiazole rings is 1. The number of nitrogens with one attached hydrogen (secondary N) is 1. The van der Waals surface area contributed by atoms with Gasteiger partial charge < -0.3 is 10.1 Å². The summed E-state index contributed by atoms with van der Waals surface area (Å²) in [6, 6.07) is 7.33. The predicted octanol–water partition coefficient (Wildman–Crippen LogP) is 4.08. The molecular formula is C20H20ClN5O3S2. The van der Waals surface area contributed by atoms with Crippen LogP contribution in [0.3, 0.4) is 0 Å². The minimum atomic E-state index is -0.349. The van der Waals surface area contributed by atoms with E-state index in [0.29, 0.717) is 40.0 Å². The van der Waals surface area contributed by atoms with Crippen molar-refractivity contribution >= 4 is 51.7 Å². The quantitative estimate of drug-likeness (QED) is 0.267. The molecule has 0 aliphatic rings. The Kier molecular flexibility index (Phi) is 8.21. The molecule has 3 aromatic rings. The number of anilines is 1. The molecule has 3 rings (SSSR count). The second-order valence-electron chi connectivity index (χ2n) is 6.18. The van der Waals surface area contributed by atoms with Crippen molar-refractivity contribution in [3.05, 3.63) is 53.0 Å². The van der Waals surface area contributed by atoms with Crippen molar-refractivity contribution in [1.29, 1.82) is 0 Å². The first kappa shape index (κ1) is 23.0. The van der Waals surface area contributed by atoms with Crippen molar-refractivity contribution in [2.75, 3.05) is 17.7 Å². The summed E-state index contributed by atoms with van der Waals surface area (Å²) >= 11 is 8.60. The van der Waals surface area contributed by atoms with Gasteiger partial charge in [0.2, 0.25) is 5.91 Å². The number of nitrogens with zero attached hydrogens (tertiary/aromatic N) is 4. The molecule has 0 saturated heterocycles. The number of rotatable bonds is 10. The third-order valence-electron chi connectivity index (χ3n) is 3.87. The Hall–Kier alpha value is -2.69. The molecule has 0 saturated carbocycles. The van der Waals surface area contributed by atoms with E-state index in [0.717, 1.165) is 5.56 Å². The van der Waals surface area contributed by atoms with Crippen LogP contribution in [0.2, 0.25) is 5.02 Å². The third kappa shape index (κ3) is 6.39. The highest BCUT2D eigenvalue weighted by atomic mass is 35.5. The normalized spacial score (nSPS) is 10.6. The molecule has 2 aromatic heterocycles. The van der Waals surface area contributed by atoms with E-state index >= 15 is 0 Å². The van der Waals surface area contributed by atoms with Gasteiger partial charge in [-0.3, -0.25) is 14.2 Å². The molecule has 8 nitrogen and oxygen atoms in total. The van der Waals surface area contributed by atoms with Gasteiger partial charge in [-0.1, -0.05) is 41.6 Å². The molecule has 11 heteroatoms. The zero-order valence-corrected chi connectivity index (χ0v) is 19.1. The number of amides is 1. The minimum absolute atomic E-state index is 0.0753. The first-order chi connectivity index (χ1) is 15.0. The van der Waals surface area contributed by atoms with Gasteiger partial charge in [0.15, 0.2) is 16.1 Å². The van der Waals surface area contributed by atoms with E-state index < -0.39 is 0 Å². The Labute approximate surface area is 192 Å². The summed E-state index contributed by atoms with van der Waals surface area (Å²) in [5.41, 5.74) is 1.39. The lowest BCUT2D eigenvalue weighted by molar-refractivity contribution is -0.142. The number of carbonyl (C=O) groups excluding carboxylic acids is 2. The average Bonchev–Trinajstić information content (AvgIpc) is 3.33.